The van der Waals surface area contributed by atoms with Crippen LogP contribution in [0.15, 0.2) is 78.0 Å². The minimum atomic E-state index is -0.332. The van der Waals surface area contributed by atoms with Gasteiger partial charge in [0.2, 0.25) is 5.91 Å². The molecule has 1 aliphatic rings. The number of aromatic nitrogens is 3. The minimum Gasteiger partial charge on any atom is -0.486 e. The Kier molecular flexibility index (Phi) is 5.95. The molecule has 0 saturated heterocycles. The molecule has 0 radical (unpaired) electrons. The van der Waals surface area contributed by atoms with E-state index in [9.17, 15) is 9.18 Å². The molecule has 0 atom stereocenters. The fraction of sp³-hybridized carbons (Fsp3) is 0.125. The van der Waals surface area contributed by atoms with Crippen LogP contribution in [0.1, 0.15) is 0 Å². The summed E-state index contributed by atoms with van der Waals surface area (Å²) < 4.78 is 26.4. The standard InChI is InChI=1S/C24H19FN4O3S/c25-17-6-9-19(10-7-17)29-23(16-4-2-1-3-5-16)27-28-24(29)33-15-22(30)26-18-8-11-20-21(14-18)32-13-12-31-20/h1-11,14H,12-13,15H2,(H,26,30). The number of hydrogen-bond donors (Lipinski definition) is 1. The van der Waals surface area contributed by atoms with Crippen LogP contribution in [0.2, 0.25) is 0 Å². The third-order valence-electron chi connectivity index (χ3n) is 4.91. The zero-order valence-corrected chi connectivity index (χ0v) is 18.2. The fourth-order valence-corrected chi connectivity index (χ4v) is 4.16. The first kappa shape index (κ1) is 21.0. The van der Waals surface area contributed by atoms with Crippen molar-refractivity contribution in [3.8, 4) is 28.6 Å². The number of carbonyl (C=O) groups is 1. The quantitative estimate of drug-likeness (QED) is 0.423. The zero-order chi connectivity index (χ0) is 22.6. The largest absolute Gasteiger partial charge is 0.486 e. The van der Waals surface area contributed by atoms with Gasteiger partial charge in [-0.25, -0.2) is 4.39 Å². The highest BCUT2D eigenvalue weighted by Gasteiger charge is 2.18. The van der Waals surface area contributed by atoms with Gasteiger partial charge in [-0.05, 0) is 36.4 Å². The Morgan fingerprint density at radius 2 is 1.73 bits per heavy atom. The first-order valence-electron chi connectivity index (χ1n) is 10.3. The van der Waals surface area contributed by atoms with Gasteiger partial charge in [-0.1, -0.05) is 42.1 Å². The summed E-state index contributed by atoms with van der Waals surface area (Å²) in [5, 5.41) is 12.0. The summed E-state index contributed by atoms with van der Waals surface area (Å²) in [5.41, 5.74) is 2.19. The minimum absolute atomic E-state index is 0.114. The summed E-state index contributed by atoms with van der Waals surface area (Å²) in [5.74, 6) is 1.46. The van der Waals surface area contributed by atoms with Gasteiger partial charge in [-0.15, -0.1) is 10.2 Å². The van der Waals surface area contributed by atoms with Crippen LogP contribution in [-0.4, -0.2) is 39.6 Å². The van der Waals surface area contributed by atoms with Crippen molar-refractivity contribution >= 4 is 23.4 Å². The molecule has 3 aromatic carbocycles. The van der Waals surface area contributed by atoms with Crippen LogP contribution in [0.4, 0.5) is 10.1 Å². The Hall–Kier alpha value is -3.85. The van der Waals surface area contributed by atoms with Crippen molar-refractivity contribution in [3.63, 3.8) is 0 Å². The van der Waals surface area contributed by atoms with E-state index in [1.807, 2.05) is 34.9 Å². The third kappa shape index (κ3) is 4.68. The maximum absolute atomic E-state index is 13.5. The molecule has 0 saturated carbocycles. The fourth-order valence-electron chi connectivity index (χ4n) is 3.41. The van der Waals surface area contributed by atoms with Crippen LogP contribution in [0, 0.1) is 5.82 Å². The Balaban J connectivity index is 1.35. The van der Waals surface area contributed by atoms with Crippen LogP contribution in [0.25, 0.3) is 17.1 Å². The molecule has 1 aromatic heterocycles. The summed E-state index contributed by atoms with van der Waals surface area (Å²) in [7, 11) is 0. The van der Waals surface area contributed by atoms with E-state index < -0.39 is 0 Å². The number of benzene rings is 3. The van der Waals surface area contributed by atoms with Gasteiger partial charge >= 0.3 is 0 Å². The van der Waals surface area contributed by atoms with Gasteiger partial charge < -0.3 is 14.8 Å². The third-order valence-corrected chi connectivity index (χ3v) is 5.84. The molecule has 5 rings (SSSR count). The maximum atomic E-state index is 13.5. The number of hydrogen-bond acceptors (Lipinski definition) is 6. The Morgan fingerprint density at radius 1 is 0.970 bits per heavy atom. The topological polar surface area (TPSA) is 78.3 Å². The second kappa shape index (κ2) is 9.33. The van der Waals surface area contributed by atoms with Crippen molar-refractivity contribution in [1.82, 2.24) is 14.8 Å². The van der Waals surface area contributed by atoms with Crippen LogP contribution < -0.4 is 14.8 Å². The van der Waals surface area contributed by atoms with Gasteiger partial charge in [0, 0.05) is 23.0 Å². The molecule has 9 heteroatoms. The van der Waals surface area contributed by atoms with E-state index in [0.29, 0.717) is 47.1 Å². The lowest BCUT2D eigenvalue weighted by atomic mass is 10.2. The first-order valence-corrected chi connectivity index (χ1v) is 11.2. The number of fused-ring (bicyclic) bond motifs is 1. The van der Waals surface area contributed by atoms with Crippen molar-refractivity contribution in [2.75, 3.05) is 24.3 Å². The zero-order valence-electron chi connectivity index (χ0n) is 17.4. The lowest BCUT2D eigenvalue weighted by Crippen LogP contribution is -2.17. The van der Waals surface area contributed by atoms with Crippen molar-refractivity contribution in [3.05, 3.63) is 78.6 Å². The molecule has 2 heterocycles. The monoisotopic (exact) mass is 462 g/mol. The smallest absolute Gasteiger partial charge is 0.234 e. The molecule has 33 heavy (non-hydrogen) atoms. The van der Waals surface area contributed by atoms with Gasteiger partial charge in [0.15, 0.2) is 22.5 Å². The predicted octanol–water partition coefficient (Wildman–Crippen LogP) is 4.58. The lowest BCUT2D eigenvalue weighted by molar-refractivity contribution is -0.113. The summed E-state index contributed by atoms with van der Waals surface area (Å²) in [6, 6.07) is 20.9. The summed E-state index contributed by atoms with van der Waals surface area (Å²) in [6.45, 7) is 0.984. The highest BCUT2D eigenvalue weighted by molar-refractivity contribution is 7.99. The normalized spacial score (nSPS) is 12.4. The average Bonchev–Trinajstić information content (AvgIpc) is 3.28. The highest BCUT2D eigenvalue weighted by Crippen LogP contribution is 2.33. The van der Waals surface area contributed by atoms with E-state index in [2.05, 4.69) is 15.5 Å². The second-order valence-electron chi connectivity index (χ2n) is 7.18. The number of nitrogens with one attached hydrogen (secondary N) is 1. The van der Waals surface area contributed by atoms with Crippen LogP contribution in [0.3, 0.4) is 0 Å². The Labute approximate surface area is 193 Å². The van der Waals surface area contributed by atoms with Gasteiger partial charge in [-0.3, -0.25) is 9.36 Å². The van der Waals surface area contributed by atoms with E-state index in [-0.39, 0.29) is 17.5 Å². The molecular weight excluding hydrogens is 443 g/mol. The Bertz CT molecular complexity index is 1280. The molecule has 0 unspecified atom stereocenters. The molecule has 7 nitrogen and oxygen atoms in total. The van der Waals surface area contributed by atoms with Gasteiger partial charge in [-0.2, -0.15) is 0 Å². The van der Waals surface area contributed by atoms with Gasteiger partial charge in [0.1, 0.15) is 19.0 Å². The maximum Gasteiger partial charge on any atom is 0.234 e. The number of halogens is 1. The number of nitrogens with zero attached hydrogens (tertiary/aromatic N) is 3. The lowest BCUT2D eigenvalue weighted by Gasteiger charge is -2.19. The van der Waals surface area contributed by atoms with E-state index in [1.54, 1.807) is 30.3 Å². The molecular formula is C24H19FN4O3S. The summed E-state index contributed by atoms with van der Waals surface area (Å²) in [6.07, 6.45) is 0. The van der Waals surface area contributed by atoms with Crippen molar-refractivity contribution in [2.45, 2.75) is 5.16 Å². The Morgan fingerprint density at radius 3 is 2.52 bits per heavy atom. The van der Waals surface area contributed by atoms with E-state index >= 15 is 0 Å². The summed E-state index contributed by atoms with van der Waals surface area (Å²) >= 11 is 1.25. The first-order chi connectivity index (χ1) is 16.2. The molecule has 1 N–H and O–H groups in total. The molecule has 4 aromatic rings. The van der Waals surface area contributed by atoms with Gasteiger partial charge in [0.05, 0.1) is 5.75 Å². The number of carbonyl (C=O) groups excluding carboxylic acids is 1. The van der Waals surface area contributed by atoms with Crippen LogP contribution in [0.5, 0.6) is 11.5 Å². The number of rotatable bonds is 6. The SMILES string of the molecule is O=C(CSc1nnc(-c2ccccc2)n1-c1ccc(F)cc1)Nc1ccc2c(c1)OCCO2. The van der Waals surface area contributed by atoms with Crippen molar-refractivity contribution in [1.29, 1.82) is 0 Å². The molecule has 0 aliphatic carbocycles. The molecule has 166 valence electrons. The number of thioether (sulfide) groups is 1. The van der Waals surface area contributed by atoms with E-state index in [0.717, 1.165) is 5.56 Å². The second-order valence-corrected chi connectivity index (χ2v) is 8.12. The van der Waals surface area contributed by atoms with E-state index in [1.165, 1.54) is 23.9 Å². The highest BCUT2D eigenvalue weighted by atomic mass is 32.2. The predicted molar refractivity (Wildman–Crippen MR) is 124 cm³/mol. The van der Waals surface area contributed by atoms with Gasteiger partial charge in [0.25, 0.3) is 0 Å². The van der Waals surface area contributed by atoms with Crippen LogP contribution >= 0.6 is 11.8 Å². The van der Waals surface area contributed by atoms with Crippen molar-refractivity contribution in [2.24, 2.45) is 0 Å². The number of amides is 1. The van der Waals surface area contributed by atoms with Crippen molar-refractivity contribution < 1.29 is 18.7 Å². The summed E-state index contributed by atoms with van der Waals surface area (Å²) in [4.78, 5) is 12.6. The van der Waals surface area contributed by atoms with E-state index in [4.69, 9.17) is 9.47 Å². The van der Waals surface area contributed by atoms with Crippen LogP contribution in [-0.2, 0) is 4.79 Å². The molecule has 0 fully saturated rings. The molecule has 0 spiro atoms. The number of ether oxygens (including phenoxy) is 2. The molecule has 1 aliphatic heterocycles. The number of anilines is 1. The average molecular weight is 463 g/mol. The molecule has 0 bridgehead atoms. The molecule has 1 amide bonds.